The van der Waals surface area contributed by atoms with Crippen LogP contribution in [0.2, 0.25) is 0 Å². The van der Waals surface area contributed by atoms with Gasteiger partial charge in [-0.15, -0.1) is 0 Å². The number of fused-ring (bicyclic) bond motifs is 1. The lowest BCUT2D eigenvalue weighted by atomic mass is 9.98. The average Bonchev–Trinajstić information content (AvgIpc) is 3.04. The van der Waals surface area contributed by atoms with Gasteiger partial charge in [-0.2, -0.15) is 0 Å². The second kappa shape index (κ2) is 7.80. The quantitative estimate of drug-likeness (QED) is 0.810. The Labute approximate surface area is 155 Å². The molecule has 6 nitrogen and oxygen atoms in total. The summed E-state index contributed by atoms with van der Waals surface area (Å²) in [7, 11) is -3.48. The van der Waals surface area contributed by atoms with Crippen molar-refractivity contribution in [3.05, 3.63) is 36.0 Å². The summed E-state index contributed by atoms with van der Waals surface area (Å²) in [5, 5.41) is 1.02. The topological polar surface area (TPSA) is 82.3 Å². The fourth-order valence-electron chi connectivity index (χ4n) is 3.45. The maximum Gasteiger partial charge on any atom is 0.241 e. The summed E-state index contributed by atoms with van der Waals surface area (Å²) in [6, 6.07) is 7.07. The summed E-state index contributed by atoms with van der Waals surface area (Å²) in [5.41, 5.74) is 1.93. The molecule has 1 atom stereocenters. The zero-order chi connectivity index (χ0) is 18.7. The van der Waals surface area contributed by atoms with Crippen LogP contribution in [-0.2, 0) is 21.2 Å². The van der Waals surface area contributed by atoms with E-state index in [1.165, 1.54) is 0 Å². The van der Waals surface area contributed by atoms with Crippen molar-refractivity contribution >= 4 is 26.8 Å². The van der Waals surface area contributed by atoms with Crippen molar-refractivity contribution in [3.63, 3.8) is 0 Å². The number of hydrogen-bond donors (Lipinski definition) is 2. The van der Waals surface area contributed by atoms with Gasteiger partial charge in [0.1, 0.15) is 6.04 Å². The standard InChI is InChI=1S/C19H27N3O3S/c1-3-26(24,25)21-18(19(23)22-10-8-14(2)9-11-22)12-15-13-20-17-7-5-4-6-16(15)17/h4-7,13-14,18,20-21H,3,8-12H2,1-2H3/t18-/m0/s1. The molecular formula is C19H27N3O3S. The van der Waals surface area contributed by atoms with E-state index in [4.69, 9.17) is 0 Å². The predicted octanol–water partition coefficient (Wildman–Crippen LogP) is 2.28. The number of para-hydroxylation sites is 1. The van der Waals surface area contributed by atoms with E-state index in [0.29, 0.717) is 25.4 Å². The first-order valence-corrected chi connectivity index (χ1v) is 10.9. The molecular weight excluding hydrogens is 350 g/mol. The zero-order valence-corrected chi connectivity index (χ0v) is 16.2. The highest BCUT2D eigenvalue weighted by molar-refractivity contribution is 7.89. The molecule has 1 aliphatic heterocycles. The van der Waals surface area contributed by atoms with Crippen LogP contribution in [0.3, 0.4) is 0 Å². The maximum atomic E-state index is 13.0. The number of carbonyl (C=O) groups excluding carboxylic acids is 1. The zero-order valence-electron chi connectivity index (χ0n) is 15.4. The molecule has 3 rings (SSSR count). The Morgan fingerprint density at radius 3 is 2.69 bits per heavy atom. The number of hydrogen-bond acceptors (Lipinski definition) is 3. The number of rotatable bonds is 6. The number of aromatic nitrogens is 1. The summed E-state index contributed by atoms with van der Waals surface area (Å²) >= 11 is 0. The van der Waals surface area contributed by atoms with E-state index in [1.807, 2.05) is 30.5 Å². The monoisotopic (exact) mass is 377 g/mol. The van der Waals surface area contributed by atoms with E-state index in [2.05, 4.69) is 16.6 Å². The van der Waals surface area contributed by atoms with Gasteiger partial charge in [0.2, 0.25) is 15.9 Å². The Morgan fingerprint density at radius 2 is 2.00 bits per heavy atom. The molecule has 2 heterocycles. The number of H-pyrrole nitrogens is 1. The van der Waals surface area contributed by atoms with Crippen LogP contribution >= 0.6 is 0 Å². The van der Waals surface area contributed by atoms with Crippen LogP contribution in [0.5, 0.6) is 0 Å². The van der Waals surface area contributed by atoms with Crippen molar-refractivity contribution in [1.82, 2.24) is 14.6 Å². The maximum absolute atomic E-state index is 13.0. The molecule has 1 amide bonds. The van der Waals surface area contributed by atoms with E-state index in [0.717, 1.165) is 29.3 Å². The van der Waals surface area contributed by atoms with Gasteiger partial charge in [0.05, 0.1) is 5.75 Å². The first-order chi connectivity index (χ1) is 12.4. The second-order valence-corrected chi connectivity index (χ2v) is 9.19. The van der Waals surface area contributed by atoms with Gasteiger partial charge in [0.15, 0.2) is 0 Å². The molecule has 0 saturated carbocycles. The molecule has 0 aliphatic carbocycles. The summed E-state index contributed by atoms with van der Waals surface area (Å²) < 4.78 is 26.9. The van der Waals surface area contributed by atoms with E-state index in [1.54, 1.807) is 11.8 Å². The van der Waals surface area contributed by atoms with Gasteiger partial charge >= 0.3 is 0 Å². The van der Waals surface area contributed by atoms with E-state index in [-0.39, 0.29) is 11.7 Å². The lowest BCUT2D eigenvalue weighted by molar-refractivity contribution is -0.134. The molecule has 0 radical (unpaired) electrons. The molecule has 0 bridgehead atoms. The predicted molar refractivity (Wildman–Crippen MR) is 103 cm³/mol. The molecule has 0 spiro atoms. The molecule has 26 heavy (non-hydrogen) atoms. The van der Waals surface area contributed by atoms with E-state index < -0.39 is 16.1 Å². The Balaban J connectivity index is 1.84. The van der Waals surface area contributed by atoms with Crippen molar-refractivity contribution in [2.24, 2.45) is 5.92 Å². The summed E-state index contributed by atoms with van der Waals surface area (Å²) in [4.78, 5) is 18.0. The highest BCUT2D eigenvalue weighted by Crippen LogP contribution is 2.21. The number of nitrogens with zero attached hydrogens (tertiary/aromatic N) is 1. The van der Waals surface area contributed by atoms with Gasteiger partial charge in [-0.1, -0.05) is 25.1 Å². The van der Waals surface area contributed by atoms with Crippen molar-refractivity contribution in [1.29, 1.82) is 0 Å². The van der Waals surface area contributed by atoms with Crippen LogP contribution in [0.1, 0.15) is 32.3 Å². The molecule has 1 fully saturated rings. The first kappa shape index (κ1) is 18.9. The molecule has 0 unspecified atom stereocenters. The van der Waals surface area contributed by atoms with Gasteiger partial charge in [0, 0.05) is 30.2 Å². The number of aromatic amines is 1. The molecule has 2 aromatic rings. The van der Waals surface area contributed by atoms with E-state index in [9.17, 15) is 13.2 Å². The summed E-state index contributed by atoms with van der Waals surface area (Å²) in [5.74, 6) is 0.444. The number of benzene rings is 1. The number of piperidine rings is 1. The minimum Gasteiger partial charge on any atom is -0.361 e. The van der Waals surface area contributed by atoms with Crippen LogP contribution in [0.15, 0.2) is 30.5 Å². The molecule has 1 aromatic heterocycles. The van der Waals surface area contributed by atoms with Crippen LogP contribution < -0.4 is 4.72 Å². The van der Waals surface area contributed by atoms with Gasteiger partial charge in [-0.3, -0.25) is 4.79 Å². The van der Waals surface area contributed by atoms with Crippen molar-refractivity contribution in [2.45, 2.75) is 39.2 Å². The minimum absolute atomic E-state index is 0.0400. The fourth-order valence-corrected chi connectivity index (χ4v) is 4.23. The Kier molecular flexibility index (Phi) is 5.67. The van der Waals surface area contributed by atoms with Crippen molar-refractivity contribution in [2.75, 3.05) is 18.8 Å². The molecule has 1 aromatic carbocycles. The Morgan fingerprint density at radius 1 is 1.31 bits per heavy atom. The number of nitrogens with one attached hydrogen (secondary N) is 2. The lowest BCUT2D eigenvalue weighted by Crippen LogP contribution is -2.51. The van der Waals surface area contributed by atoms with Gasteiger partial charge in [-0.25, -0.2) is 13.1 Å². The summed E-state index contributed by atoms with van der Waals surface area (Å²) in [6.07, 6.45) is 4.13. The Bertz CT molecular complexity index is 867. The largest absolute Gasteiger partial charge is 0.361 e. The normalized spacial score (nSPS) is 17.5. The minimum atomic E-state index is -3.48. The molecule has 142 valence electrons. The third-order valence-corrected chi connectivity index (χ3v) is 6.60. The fraction of sp³-hybridized carbons (Fsp3) is 0.526. The molecule has 1 saturated heterocycles. The third-order valence-electron chi connectivity index (χ3n) is 5.19. The number of sulfonamides is 1. The lowest BCUT2D eigenvalue weighted by Gasteiger charge is -2.33. The van der Waals surface area contributed by atoms with Gasteiger partial charge < -0.3 is 9.88 Å². The van der Waals surface area contributed by atoms with Gasteiger partial charge in [0.25, 0.3) is 0 Å². The number of likely N-dealkylation sites (tertiary alicyclic amines) is 1. The van der Waals surface area contributed by atoms with E-state index >= 15 is 0 Å². The van der Waals surface area contributed by atoms with Crippen LogP contribution in [0, 0.1) is 5.92 Å². The van der Waals surface area contributed by atoms with Crippen LogP contribution in [0.25, 0.3) is 10.9 Å². The van der Waals surface area contributed by atoms with Crippen LogP contribution in [-0.4, -0.2) is 49.1 Å². The van der Waals surface area contributed by atoms with Crippen molar-refractivity contribution in [3.8, 4) is 0 Å². The SMILES string of the molecule is CCS(=O)(=O)N[C@@H](Cc1c[nH]c2ccccc12)C(=O)N1CCC(C)CC1. The highest BCUT2D eigenvalue weighted by Gasteiger charge is 2.30. The molecule has 2 N–H and O–H groups in total. The van der Waals surface area contributed by atoms with Crippen LogP contribution in [0.4, 0.5) is 0 Å². The highest BCUT2D eigenvalue weighted by atomic mass is 32.2. The smallest absolute Gasteiger partial charge is 0.241 e. The molecule has 7 heteroatoms. The first-order valence-electron chi connectivity index (χ1n) is 9.23. The number of carbonyl (C=O) groups is 1. The average molecular weight is 378 g/mol. The summed E-state index contributed by atoms with van der Waals surface area (Å²) in [6.45, 7) is 5.15. The van der Waals surface area contributed by atoms with Gasteiger partial charge in [-0.05, 0) is 43.7 Å². The second-order valence-electron chi connectivity index (χ2n) is 7.15. The Hall–Kier alpha value is -1.86. The molecule has 1 aliphatic rings. The van der Waals surface area contributed by atoms with Crippen molar-refractivity contribution < 1.29 is 13.2 Å². The third kappa shape index (κ3) is 4.27. The number of amides is 1.